The molecule has 0 radical (unpaired) electrons. The summed E-state index contributed by atoms with van der Waals surface area (Å²) >= 11 is 5.67. The monoisotopic (exact) mass is 451 g/mol. The predicted molar refractivity (Wildman–Crippen MR) is 108 cm³/mol. The molecule has 0 saturated carbocycles. The van der Waals surface area contributed by atoms with Crippen LogP contribution >= 0.6 is 39.0 Å². The highest BCUT2D eigenvalue weighted by Crippen LogP contribution is 2.28. The molecule has 0 spiro atoms. The lowest BCUT2D eigenvalue weighted by molar-refractivity contribution is -0.113. The Morgan fingerprint density at radius 1 is 1.31 bits per heavy atom. The first-order valence-corrected chi connectivity index (χ1v) is 10.2. The number of aromatic amines is 1. The largest absolute Gasteiger partial charge is 0.325 e. The second kappa shape index (κ2) is 7.73. The number of thiophene rings is 1. The standard InChI is InChI=1S/C17H14BrN3O3S2/c1-8-13-15(24)20-17(21-16(13)26-14(8)9(2)22)25-7-12(23)19-11-5-3-10(18)4-6-11/h3-6H,7H2,1-2H3,(H,19,23)(H,20,21,24). The number of Topliss-reactive ketones (excluding diaryl/α,β-unsaturated/α-hetero) is 1. The highest BCUT2D eigenvalue weighted by Gasteiger charge is 2.17. The Hall–Kier alpha value is -1.97. The normalized spacial score (nSPS) is 10.9. The van der Waals surface area contributed by atoms with Gasteiger partial charge in [-0.1, -0.05) is 27.7 Å². The number of ketones is 1. The number of hydrogen-bond donors (Lipinski definition) is 2. The van der Waals surface area contributed by atoms with E-state index in [9.17, 15) is 14.4 Å². The first kappa shape index (κ1) is 18.8. The van der Waals surface area contributed by atoms with E-state index in [4.69, 9.17) is 0 Å². The van der Waals surface area contributed by atoms with Crippen LogP contribution in [-0.2, 0) is 4.79 Å². The second-order valence-corrected chi connectivity index (χ2v) is 8.39. The molecule has 0 saturated heterocycles. The summed E-state index contributed by atoms with van der Waals surface area (Å²) in [6.07, 6.45) is 0. The zero-order valence-corrected chi connectivity index (χ0v) is 17.1. The molecule has 0 fully saturated rings. The summed E-state index contributed by atoms with van der Waals surface area (Å²) in [5, 5.41) is 3.56. The number of rotatable bonds is 5. The topological polar surface area (TPSA) is 91.9 Å². The van der Waals surface area contributed by atoms with Crippen molar-refractivity contribution in [2.75, 3.05) is 11.1 Å². The van der Waals surface area contributed by atoms with Gasteiger partial charge in [-0.15, -0.1) is 11.3 Å². The summed E-state index contributed by atoms with van der Waals surface area (Å²) in [5.74, 6) is -0.186. The van der Waals surface area contributed by atoms with Crippen LogP contribution in [0.4, 0.5) is 5.69 Å². The maximum Gasteiger partial charge on any atom is 0.260 e. The third-order valence-electron chi connectivity index (χ3n) is 3.57. The van der Waals surface area contributed by atoms with E-state index in [2.05, 4.69) is 31.2 Å². The SMILES string of the molecule is CC(=O)c1sc2nc(SCC(=O)Nc3ccc(Br)cc3)[nH]c(=O)c2c1C. The van der Waals surface area contributed by atoms with Crippen molar-refractivity contribution in [1.82, 2.24) is 9.97 Å². The maximum atomic E-state index is 12.3. The van der Waals surface area contributed by atoms with Gasteiger partial charge in [-0.25, -0.2) is 4.98 Å². The van der Waals surface area contributed by atoms with Crippen LogP contribution in [0.5, 0.6) is 0 Å². The molecule has 1 amide bonds. The molecular formula is C17H14BrN3O3S2. The summed E-state index contributed by atoms with van der Waals surface area (Å²) in [7, 11) is 0. The van der Waals surface area contributed by atoms with Gasteiger partial charge in [-0.05, 0) is 43.7 Å². The van der Waals surface area contributed by atoms with Gasteiger partial charge in [-0.3, -0.25) is 14.4 Å². The number of aromatic nitrogens is 2. The van der Waals surface area contributed by atoms with Crippen molar-refractivity contribution in [1.29, 1.82) is 0 Å². The first-order chi connectivity index (χ1) is 12.3. The Labute approximate surface area is 165 Å². The molecule has 2 N–H and O–H groups in total. The molecule has 0 atom stereocenters. The summed E-state index contributed by atoms with van der Waals surface area (Å²) in [5.41, 5.74) is 1.04. The minimum Gasteiger partial charge on any atom is -0.325 e. The number of hydrogen-bond acceptors (Lipinski definition) is 6. The molecule has 0 aliphatic carbocycles. The molecule has 0 aliphatic heterocycles. The lowest BCUT2D eigenvalue weighted by Gasteiger charge is -2.05. The first-order valence-electron chi connectivity index (χ1n) is 7.57. The van der Waals surface area contributed by atoms with E-state index in [1.807, 2.05) is 12.1 Å². The summed E-state index contributed by atoms with van der Waals surface area (Å²) in [4.78, 5) is 44.1. The Morgan fingerprint density at radius 3 is 2.65 bits per heavy atom. The third-order valence-corrected chi connectivity index (χ3v) is 6.26. The highest BCUT2D eigenvalue weighted by atomic mass is 79.9. The van der Waals surface area contributed by atoms with Crippen LogP contribution in [0.3, 0.4) is 0 Å². The molecule has 3 aromatic rings. The van der Waals surface area contributed by atoms with Crippen molar-refractivity contribution in [3.8, 4) is 0 Å². The van der Waals surface area contributed by atoms with E-state index < -0.39 is 0 Å². The average Bonchev–Trinajstić information content (AvgIpc) is 2.92. The van der Waals surface area contributed by atoms with E-state index in [0.717, 1.165) is 16.2 Å². The number of nitrogens with zero attached hydrogens (tertiary/aromatic N) is 1. The number of benzene rings is 1. The van der Waals surface area contributed by atoms with Crippen molar-refractivity contribution in [2.24, 2.45) is 0 Å². The number of fused-ring (bicyclic) bond motifs is 1. The van der Waals surface area contributed by atoms with E-state index in [1.165, 1.54) is 18.3 Å². The summed E-state index contributed by atoms with van der Waals surface area (Å²) < 4.78 is 0.927. The summed E-state index contributed by atoms with van der Waals surface area (Å²) in [6, 6.07) is 7.25. The minimum absolute atomic E-state index is 0.0898. The van der Waals surface area contributed by atoms with Crippen LogP contribution in [-0.4, -0.2) is 27.4 Å². The lowest BCUT2D eigenvalue weighted by atomic mass is 10.2. The Morgan fingerprint density at radius 2 is 2.00 bits per heavy atom. The highest BCUT2D eigenvalue weighted by molar-refractivity contribution is 9.10. The number of nitrogens with one attached hydrogen (secondary N) is 2. The Bertz CT molecular complexity index is 1060. The zero-order chi connectivity index (χ0) is 18.8. The van der Waals surface area contributed by atoms with Crippen LogP contribution in [0.2, 0.25) is 0 Å². The van der Waals surface area contributed by atoms with Crippen LogP contribution in [0.1, 0.15) is 22.2 Å². The fourth-order valence-corrected chi connectivity index (χ4v) is 4.45. The van der Waals surface area contributed by atoms with Gasteiger partial charge >= 0.3 is 0 Å². The fraction of sp³-hybridized carbons (Fsp3) is 0.176. The molecule has 2 heterocycles. The number of halogens is 1. The smallest absolute Gasteiger partial charge is 0.260 e. The lowest BCUT2D eigenvalue weighted by Crippen LogP contribution is -2.15. The minimum atomic E-state index is -0.299. The van der Waals surface area contributed by atoms with E-state index >= 15 is 0 Å². The number of carbonyl (C=O) groups excluding carboxylic acids is 2. The van der Waals surface area contributed by atoms with Crippen LogP contribution in [0, 0.1) is 6.92 Å². The maximum absolute atomic E-state index is 12.3. The predicted octanol–water partition coefficient (Wildman–Crippen LogP) is 3.99. The van der Waals surface area contributed by atoms with Crippen molar-refractivity contribution in [3.05, 3.63) is 49.5 Å². The van der Waals surface area contributed by atoms with Crippen molar-refractivity contribution in [3.63, 3.8) is 0 Å². The van der Waals surface area contributed by atoms with Gasteiger partial charge in [0.1, 0.15) is 4.83 Å². The number of carbonyl (C=O) groups is 2. The number of thioether (sulfide) groups is 1. The molecule has 0 unspecified atom stereocenters. The van der Waals surface area contributed by atoms with E-state index in [0.29, 0.717) is 31.5 Å². The van der Waals surface area contributed by atoms with E-state index in [-0.39, 0.29) is 23.0 Å². The van der Waals surface area contributed by atoms with Gasteiger partial charge in [0.05, 0.1) is 16.0 Å². The molecule has 26 heavy (non-hydrogen) atoms. The number of aryl methyl sites for hydroxylation is 1. The van der Waals surface area contributed by atoms with Gasteiger partial charge in [0.2, 0.25) is 5.91 Å². The van der Waals surface area contributed by atoms with Crippen molar-refractivity contribution < 1.29 is 9.59 Å². The van der Waals surface area contributed by atoms with Crippen LogP contribution < -0.4 is 10.9 Å². The molecule has 3 rings (SSSR count). The van der Waals surface area contributed by atoms with Gasteiger partial charge < -0.3 is 10.3 Å². The fourth-order valence-electron chi connectivity index (χ4n) is 2.39. The third kappa shape index (κ3) is 4.05. The molecule has 2 aromatic heterocycles. The van der Waals surface area contributed by atoms with Gasteiger partial charge in [-0.2, -0.15) is 0 Å². The zero-order valence-electron chi connectivity index (χ0n) is 13.9. The Kier molecular flexibility index (Phi) is 5.59. The Balaban J connectivity index is 1.74. The van der Waals surface area contributed by atoms with Gasteiger partial charge in [0.25, 0.3) is 5.56 Å². The van der Waals surface area contributed by atoms with Crippen molar-refractivity contribution >= 4 is 66.6 Å². The number of amides is 1. The molecule has 0 aliphatic rings. The quantitative estimate of drug-likeness (QED) is 0.347. The molecule has 6 nitrogen and oxygen atoms in total. The average molecular weight is 452 g/mol. The molecule has 134 valence electrons. The van der Waals surface area contributed by atoms with Crippen LogP contribution in [0.25, 0.3) is 10.2 Å². The second-order valence-electron chi connectivity index (χ2n) is 5.51. The van der Waals surface area contributed by atoms with Gasteiger partial charge in [0.15, 0.2) is 10.9 Å². The summed E-state index contributed by atoms with van der Waals surface area (Å²) in [6.45, 7) is 3.21. The van der Waals surface area contributed by atoms with Crippen LogP contribution in [0.15, 0.2) is 38.7 Å². The number of H-pyrrole nitrogens is 1. The molecule has 1 aromatic carbocycles. The molecule has 0 bridgehead atoms. The van der Waals surface area contributed by atoms with Crippen molar-refractivity contribution in [2.45, 2.75) is 19.0 Å². The number of anilines is 1. The van der Waals surface area contributed by atoms with E-state index in [1.54, 1.807) is 19.1 Å². The molecular weight excluding hydrogens is 438 g/mol. The van der Waals surface area contributed by atoms with Gasteiger partial charge in [0, 0.05) is 10.2 Å². The molecule has 9 heteroatoms.